The maximum absolute atomic E-state index is 13.0. The van der Waals surface area contributed by atoms with Crippen LogP contribution in [0.15, 0.2) is 85.1 Å². The Hall–Kier alpha value is -4.79. The van der Waals surface area contributed by atoms with Crippen LogP contribution in [0, 0.1) is 6.92 Å². The molecule has 9 heteroatoms. The average Bonchev–Trinajstić information content (AvgIpc) is 3.35. The van der Waals surface area contributed by atoms with Crippen LogP contribution in [-0.4, -0.2) is 21.0 Å². The first-order valence-electron chi connectivity index (χ1n) is 11.3. The number of anilines is 3. The normalized spacial score (nSPS) is 11.5. The Morgan fingerprint density at radius 2 is 1.76 bits per heavy atom. The van der Waals surface area contributed by atoms with Gasteiger partial charge in [0, 0.05) is 34.1 Å². The number of aromatic amines is 1. The van der Waals surface area contributed by atoms with Gasteiger partial charge in [-0.05, 0) is 67.1 Å². The fourth-order valence-corrected chi connectivity index (χ4v) is 3.97. The van der Waals surface area contributed by atoms with Crippen molar-refractivity contribution in [2.24, 2.45) is 0 Å². The largest absolute Gasteiger partial charge is 0.508 e. The second-order valence-corrected chi connectivity index (χ2v) is 8.53. The average molecular weight is 502 g/mol. The van der Waals surface area contributed by atoms with E-state index in [0.717, 1.165) is 34.3 Å². The summed E-state index contributed by atoms with van der Waals surface area (Å²) in [5, 5.41) is 16.8. The number of aromatic nitrogens is 2. The Morgan fingerprint density at radius 1 is 0.946 bits per heavy atom. The molecular weight excluding hydrogens is 481 g/mol. The second kappa shape index (κ2) is 9.34. The Bertz CT molecular complexity index is 1630. The molecule has 0 unspecified atom stereocenters. The number of H-pyrrole nitrogens is 1. The topological polar surface area (TPSA) is 90.0 Å². The number of hydrogen-bond donors (Lipinski definition) is 4. The lowest BCUT2D eigenvalue weighted by Gasteiger charge is -2.15. The van der Waals surface area contributed by atoms with Crippen LogP contribution in [0.2, 0.25) is 0 Å². The molecule has 5 aromatic rings. The fourth-order valence-electron chi connectivity index (χ4n) is 3.97. The number of aryl methyl sites for hydroxylation is 1. The minimum atomic E-state index is -4.54. The van der Waals surface area contributed by atoms with Crippen LogP contribution in [0.3, 0.4) is 0 Å². The van der Waals surface area contributed by atoms with Gasteiger partial charge >= 0.3 is 6.18 Å². The van der Waals surface area contributed by atoms with Gasteiger partial charge < -0.3 is 20.7 Å². The van der Waals surface area contributed by atoms with Crippen molar-refractivity contribution in [1.29, 1.82) is 0 Å². The molecule has 1 amide bonds. The van der Waals surface area contributed by atoms with Gasteiger partial charge in [-0.3, -0.25) is 4.79 Å². The molecule has 0 atom stereocenters. The maximum atomic E-state index is 13.0. The summed E-state index contributed by atoms with van der Waals surface area (Å²) < 4.78 is 39.1. The molecule has 0 saturated carbocycles. The lowest BCUT2D eigenvalue weighted by Crippen LogP contribution is -2.14. The van der Waals surface area contributed by atoms with Crippen molar-refractivity contribution in [3.63, 3.8) is 0 Å². The molecule has 0 fully saturated rings. The highest BCUT2D eigenvalue weighted by atomic mass is 19.4. The van der Waals surface area contributed by atoms with E-state index in [1.807, 2.05) is 25.1 Å². The van der Waals surface area contributed by atoms with E-state index in [1.165, 1.54) is 12.1 Å². The molecule has 5 rings (SSSR count). The van der Waals surface area contributed by atoms with Crippen LogP contribution in [0.1, 0.15) is 21.5 Å². The van der Waals surface area contributed by atoms with Gasteiger partial charge in [-0.15, -0.1) is 0 Å². The molecule has 0 aliphatic carbocycles. The van der Waals surface area contributed by atoms with Crippen molar-refractivity contribution >= 4 is 34.0 Å². The Morgan fingerprint density at radius 3 is 2.54 bits per heavy atom. The van der Waals surface area contributed by atoms with Gasteiger partial charge in [0.15, 0.2) is 0 Å². The van der Waals surface area contributed by atoms with E-state index in [-0.39, 0.29) is 11.3 Å². The van der Waals surface area contributed by atoms with E-state index in [2.05, 4.69) is 20.6 Å². The van der Waals surface area contributed by atoms with Crippen molar-refractivity contribution < 1.29 is 23.1 Å². The van der Waals surface area contributed by atoms with Gasteiger partial charge in [0.25, 0.3) is 5.91 Å². The molecule has 0 radical (unpaired) electrons. The molecule has 0 saturated heterocycles. The van der Waals surface area contributed by atoms with Gasteiger partial charge in [-0.25, -0.2) is 4.98 Å². The van der Waals surface area contributed by atoms with E-state index >= 15 is 0 Å². The van der Waals surface area contributed by atoms with E-state index in [9.17, 15) is 23.1 Å². The number of nitrogens with one attached hydrogen (secondary N) is 3. The number of phenols is 1. The summed E-state index contributed by atoms with van der Waals surface area (Å²) in [4.78, 5) is 20.4. The summed E-state index contributed by atoms with van der Waals surface area (Å²) in [7, 11) is 0. The molecule has 2 aromatic heterocycles. The molecule has 2 heterocycles. The summed E-state index contributed by atoms with van der Waals surface area (Å²) in [6.45, 7) is 1.90. The first-order chi connectivity index (χ1) is 17.7. The molecule has 0 bridgehead atoms. The number of pyridine rings is 1. The Labute approximate surface area is 209 Å². The highest BCUT2D eigenvalue weighted by Crippen LogP contribution is 2.33. The van der Waals surface area contributed by atoms with E-state index in [1.54, 1.807) is 42.6 Å². The van der Waals surface area contributed by atoms with Crippen molar-refractivity contribution in [1.82, 2.24) is 9.97 Å². The standard InChI is InChI=1S/C28H21F3N4O2/c1-16-8-9-20(33-27(37)18-5-2-6-19(12-18)28(29,30)31)14-23(16)34-25-15-24(17-4-3-7-21(36)13-17)35-26-22(25)10-11-32-26/h2-15,36H,1H3,(H,33,37)(H2,32,34,35). The quantitative estimate of drug-likeness (QED) is 0.204. The second-order valence-electron chi connectivity index (χ2n) is 8.53. The third-order valence-electron chi connectivity index (χ3n) is 5.89. The fraction of sp³-hybridized carbons (Fsp3) is 0.0714. The van der Waals surface area contributed by atoms with Gasteiger partial charge in [-0.2, -0.15) is 13.2 Å². The number of aromatic hydroxyl groups is 1. The monoisotopic (exact) mass is 502 g/mol. The molecular formula is C28H21F3N4O2. The van der Waals surface area contributed by atoms with Crippen LogP contribution in [-0.2, 0) is 6.18 Å². The van der Waals surface area contributed by atoms with Gasteiger partial charge in [0.2, 0.25) is 0 Å². The van der Waals surface area contributed by atoms with E-state index in [0.29, 0.717) is 22.7 Å². The van der Waals surface area contributed by atoms with Crippen LogP contribution in [0.25, 0.3) is 22.3 Å². The number of amides is 1. The van der Waals surface area contributed by atoms with Crippen molar-refractivity contribution in [3.05, 3.63) is 102 Å². The Balaban J connectivity index is 1.45. The number of halogens is 3. The highest BCUT2D eigenvalue weighted by Gasteiger charge is 2.30. The molecule has 0 spiro atoms. The number of phenolic OH excluding ortho intramolecular Hbond substituents is 1. The minimum absolute atomic E-state index is 0.0937. The number of nitrogens with zero attached hydrogens (tertiary/aromatic N) is 1. The van der Waals surface area contributed by atoms with Crippen LogP contribution in [0.5, 0.6) is 5.75 Å². The van der Waals surface area contributed by atoms with Crippen LogP contribution >= 0.6 is 0 Å². The molecule has 0 aliphatic rings. The minimum Gasteiger partial charge on any atom is -0.508 e. The zero-order chi connectivity index (χ0) is 26.2. The first-order valence-corrected chi connectivity index (χ1v) is 11.3. The zero-order valence-electron chi connectivity index (χ0n) is 19.5. The lowest BCUT2D eigenvalue weighted by atomic mass is 10.1. The van der Waals surface area contributed by atoms with Gasteiger partial charge in [0.05, 0.1) is 16.9 Å². The van der Waals surface area contributed by atoms with E-state index < -0.39 is 17.6 Å². The van der Waals surface area contributed by atoms with Gasteiger partial charge in [-0.1, -0.05) is 24.3 Å². The maximum Gasteiger partial charge on any atom is 0.416 e. The number of benzene rings is 3. The predicted octanol–water partition coefficient (Wildman–Crippen LogP) is 7.26. The highest BCUT2D eigenvalue weighted by molar-refractivity contribution is 6.04. The first kappa shape index (κ1) is 23.9. The number of hydrogen-bond acceptors (Lipinski definition) is 4. The zero-order valence-corrected chi connectivity index (χ0v) is 19.5. The number of alkyl halides is 3. The number of rotatable bonds is 5. The SMILES string of the molecule is Cc1ccc(NC(=O)c2cccc(C(F)(F)F)c2)cc1Nc1cc(-c2cccc(O)c2)nc2[nH]ccc12. The summed E-state index contributed by atoms with van der Waals surface area (Å²) in [5.74, 6) is -0.524. The smallest absolute Gasteiger partial charge is 0.416 e. The van der Waals surface area contributed by atoms with Crippen molar-refractivity contribution in [2.45, 2.75) is 13.1 Å². The third-order valence-corrected chi connectivity index (χ3v) is 5.89. The number of carbonyl (C=O) groups is 1. The molecule has 4 N–H and O–H groups in total. The van der Waals surface area contributed by atoms with Crippen molar-refractivity contribution in [3.8, 4) is 17.0 Å². The molecule has 3 aromatic carbocycles. The van der Waals surface area contributed by atoms with Crippen LogP contribution < -0.4 is 10.6 Å². The molecule has 37 heavy (non-hydrogen) atoms. The third kappa shape index (κ3) is 5.11. The lowest BCUT2D eigenvalue weighted by molar-refractivity contribution is -0.137. The predicted molar refractivity (Wildman–Crippen MR) is 137 cm³/mol. The molecule has 6 nitrogen and oxygen atoms in total. The number of fused-ring (bicyclic) bond motifs is 1. The summed E-state index contributed by atoms with van der Waals surface area (Å²) in [6.07, 6.45) is -2.77. The van der Waals surface area contributed by atoms with Gasteiger partial charge in [0.1, 0.15) is 11.4 Å². The summed E-state index contributed by atoms with van der Waals surface area (Å²) in [5.41, 5.74) is 3.78. The molecule has 186 valence electrons. The molecule has 0 aliphatic heterocycles. The summed E-state index contributed by atoms with van der Waals surface area (Å²) >= 11 is 0. The summed E-state index contributed by atoms with van der Waals surface area (Å²) in [6, 6.07) is 20.0. The Kier molecular flexibility index (Phi) is 6.04. The number of carbonyl (C=O) groups excluding carboxylic acids is 1. The van der Waals surface area contributed by atoms with Crippen LogP contribution in [0.4, 0.5) is 30.2 Å². The van der Waals surface area contributed by atoms with Crippen molar-refractivity contribution in [2.75, 3.05) is 10.6 Å². The van der Waals surface area contributed by atoms with E-state index in [4.69, 9.17) is 0 Å².